The van der Waals surface area contributed by atoms with Crippen LogP contribution < -0.4 is 5.73 Å². The molecule has 0 amide bonds. The van der Waals surface area contributed by atoms with Crippen molar-refractivity contribution in [3.63, 3.8) is 0 Å². The van der Waals surface area contributed by atoms with E-state index in [4.69, 9.17) is 5.73 Å². The highest BCUT2D eigenvalue weighted by molar-refractivity contribution is 5.20. The maximum absolute atomic E-state index is 12.5. The fraction of sp³-hybridized carbons (Fsp3) is 0.250. The Hall–Kier alpha value is -0.960. The van der Waals surface area contributed by atoms with Crippen LogP contribution in [0.3, 0.4) is 0 Å². The molecular weight excluding hydrogens is 148 g/mol. The van der Waals surface area contributed by atoms with E-state index in [9.17, 15) is 8.78 Å². The molecule has 2 N–H and O–H groups in total. The first-order valence-corrected chi connectivity index (χ1v) is 3.31. The summed E-state index contributed by atoms with van der Waals surface area (Å²) in [6, 6.07) is 2.95. The second-order valence-electron chi connectivity index (χ2n) is 2.49. The van der Waals surface area contributed by atoms with E-state index in [1.54, 1.807) is 6.92 Å². The molecule has 3 heteroatoms. The number of rotatable bonds is 1. The Morgan fingerprint density at radius 3 is 2.00 bits per heavy atom. The first kappa shape index (κ1) is 8.14. The molecule has 0 unspecified atom stereocenters. The van der Waals surface area contributed by atoms with Crippen molar-refractivity contribution in [1.29, 1.82) is 0 Å². The molecule has 11 heavy (non-hydrogen) atoms. The van der Waals surface area contributed by atoms with Crippen molar-refractivity contribution >= 4 is 0 Å². The van der Waals surface area contributed by atoms with E-state index in [2.05, 4.69) is 0 Å². The number of hydrogen-bond acceptors (Lipinski definition) is 1. The summed E-state index contributed by atoms with van der Waals surface area (Å²) in [4.78, 5) is 0. The quantitative estimate of drug-likeness (QED) is 0.662. The topological polar surface area (TPSA) is 26.0 Å². The highest BCUT2D eigenvalue weighted by Gasteiger charge is 2.03. The average Bonchev–Trinajstić information content (AvgIpc) is 1.85. The Morgan fingerprint density at radius 1 is 1.18 bits per heavy atom. The molecule has 0 spiro atoms. The lowest BCUT2D eigenvalue weighted by molar-refractivity contribution is 0.576. The van der Waals surface area contributed by atoms with Gasteiger partial charge in [-0.2, -0.15) is 0 Å². The zero-order valence-electron chi connectivity index (χ0n) is 6.14. The lowest BCUT2D eigenvalue weighted by atomic mass is 10.1. The van der Waals surface area contributed by atoms with Crippen LogP contribution in [0.15, 0.2) is 18.2 Å². The number of nitrogens with two attached hydrogens (primary N) is 1. The summed E-state index contributed by atoms with van der Waals surface area (Å²) in [6.07, 6.45) is 0. The summed E-state index contributed by atoms with van der Waals surface area (Å²) in [5, 5.41) is 0. The van der Waals surface area contributed by atoms with Gasteiger partial charge in [0.15, 0.2) is 0 Å². The van der Waals surface area contributed by atoms with Gasteiger partial charge in [0.2, 0.25) is 0 Å². The number of halogens is 2. The summed E-state index contributed by atoms with van der Waals surface area (Å²) in [7, 11) is 0. The van der Waals surface area contributed by atoms with Crippen LogP contribution in [0, 0.1) is 11.6 Å². The van der Waals surface area contributed by atoms with Crippen LogP contribution in [-0.4, -0.2) is 0 Å². The third kappa shape index (κ3) is 1.98. The van der Waals surface area contributed by atoms with Crippen LogP contribution in [0.25, 0.3) is 0 Å². The van der Waals surface area contributed by atoms with Gasteiger partial charge < -0.3 is 5.73 Å². The van der Waals surface area contributed by atoms with Crippen molar-refractivity contribution in [2.24, 2.45) is 5.73 Å². The molecule has 1 aromatic rings. The van der Waals surface area contributed by atoms with Crippen molar-refractivity contribution in [2.45, 2.75) is 13.0 Å². The third-order valence-electron chi connectivity index (χ3n) is 1.41. The molecule has 1 nitrogen and oxygen atoms in total. The SMILES string of the molecule is C[C@H](N)c1cc(F)cc(F)c1. The van der Waals surface area contributed by atoms with Crippen LogP contribution in [0.4, 0.5) is 8.78 Å². The highest BCUT2D eigenvalue weighted by atomic mass is 19.1. The minimum absolute atomic E-state index is 0.333. The van der Waals surface area contributed by atoms with Crippen molar-refractivity contribution in [3.05, 3.63) is 35.4 Å². The van der Waals surface area contributed by atoms with Crippen LogP contribution in [-0.2, 0) is 0 Å². The third-order valence-corrected chi connectivity index (χ3v) is 1.41. The molecule has 0 radical (unpaired) electrons. The van der Waals surface area contributed by atoms with Crippen LogP contribution in [0.1, 0.15) is 18.5 Å². The fourth-order valence-electron chi connectivity index (χ4n) is 0.838. The molecule has 0 saturated heterocycles. The Balaban J connectivity index is 3.08. The zero-order valence-corrected chi connectivity index (χ0v) is 6.14. The summed E-state index contributed by atoms with van der Waals surface area (Å²) < 4.78 is 25.0. The predicted molar refractivity (Wildman–Crippen MR) is 39.0 cm³/mol. The van der Waals surface area contributed by atoms with E-state index in [0.29, 0.717) is 5.56 Å². The van der Waals surface area contributed by atoms with E-state index in [0.717, 1.165) is 6.07 Å². The molecule has 1 atom stereocenters. The van der Waals surface area contributed by atoms with E-state index >= 15 is 0 Å². The van der Waals surface area contributed by atoms with Gasteiger partial charge in [-0.1, -0.05) is 0 Å². The molecule has 60 valence electrons. The standard InChI is InChI=1S/C8H9F2N/c1-5(11)6-2-7(9)4-8(10)3-6/h2-5H,11H2,1H3/t5-/m0/s1. The maximum Gasteiger partial charge on any atom is 0.126 e. The Bertz CT molecular complexity index is 238. The molecule has 0 aliphatic rings. The first-order valence-electron chi connectivity index (χ1n) is 3.31. The molecule has 0 aliphatic heterocycles. The summed E-state index contributed by atoms with van der Waals surface area (Å²) in [5.41, 5.74) is 5.89. The molecule has 1 rings (SSSR count). The summed E-state index contributed by atoms with van der Waals surface area (Å²) in [6.45, 7) is 1.67. The van der Waals surface area contributed by atoms with Gasteiger partial charge >= 0.3 is 0 Å². The minimum Gasteiger partial charge on any atom is -0.324 e. The van der Waals surface area contributed by atoms with Crippen LogP contribution in [0.2, 0.25) is 0 Å². The molecule has 0 aromatic heterocycles. The highest BCUT2D eigenvalue weighted by Crippen LogP contribution is 2.13. The lowest BCUT2D eigenvalue weighted by Crippen LogP contribution is -2.05. The number of hydrogen-bond donors (Lipinski definition) is 1. The second-order valence-corrected chi connectivity index (χ2v) is 2.49. The molecular formula is C8H9F2N. The van der Waals surface area contributed by atoms with Gasteiger partial charge in [0.25, 0.3) is 0 Å². The van der Waals surface area contributed by atoms with Crippen molar-refractivity contribution < 1.29 is 8.78 Å². The number of benzene rings is 1. The van der Waals surface area contributed by atoms with E-state index in [1.165, 1.54) is 12.1 Å². The monoisotopic (exact) mass is 157 g/mol. The molecule has 0 heterocycles. The largest absolute Gasteiger partial charge is 0.324 e. The molecule has 0 aliphatic carbocycles. The Kier molecular flexibility index (Phi) is 2.19. The Morgan fingerprint density at radius 2 is 1.64 bits per heavy atom. The van der Waals surface area contributed by atoms with Gasteiger partial charge in [0, 0.05) is 12.1 Å². The lowest BCUT2D eigenvalue weighted by Gasteiger charge is -2.04. The van der Waals surface area contributed by atoms with Crippen molar-refractivity contribution in [1.82, 2.24) is 0 Å². The molecule has 0 bridgehead atoms. The molecule has 1 aromatic carbocycles. The normalized spacial score (nSPS) is 13.1. The van der Waals surface area contributed by atoms with Crippen molar-refractivity contribution in [2.75, 3.05) is 0 Å². The first-order chi connectivity index (χ1) is 5.09. The summed E-state index contributed by atoms with van der Waals surface area (Å²) in [5.74, 6) is -1.17. The minimum atomic E-state index is -0.586. The van der Waals surface area contributed by atoms with Gasteiger partial charge in [0.05, 0.1) is 0 Å². The Labute approximate surface area is 63.8 Å². The van der Waals surface area contributed by atoms with Crippen LogP contribution >= 0.6 is 0 Å². The second kappa shape index (κ2) is 2.96. The average molecular weight is 157 g/mol. The van der Waals surface area contributed by atoms with E-state index < -0.39 is 11.6 Å². The van der Waals surface area contributed by atoms with E-state index in [1.807, 2.05) is 0 Å². The van der Waals surface area contributed by atoms with Gasteiger partial charge in [0.1, 0.15) is 11.6 Å². The van der Waals surface area contributed by atoms with Gasteiger partial charge in [-0.25, -0.2) is 8.78 Å². The smallest absolute Gasteiger partial charge is 0.126 e. The van der Waals surface area contributed by atoms with Crippen LogP contribution in [0.5, 0.6) is 0 Å². The van der Waals surface area contributed by atoms with Crippen molar-refractivity contribution in [3.8, 4) is 0 Å². The summed E-state index contributed by atoms with van der Waals surface area (Å²) >= 11 is 0. The molecule has 0 fully saturated rings. The fourth-order valence-corrected chi connectivity index (χ4v) is 0.838. The predicted octanol–water partition coefficient (Wildman–Crippen LogP) is 1.98. The van der Waals surface area contributed by atoms with E-state index in [-0.39, 0.29) is 6.04 Å². The zero-order chi connectivity index (χ0) is 8.43. The van der Waals surface area contributed by atoms with Gasteiger partial charge in [-0.15, -0.1) is 0 Å². The van der Waals surface area contributed by atoms with Gasteiger partial charge in [-0.3, -0.25) is 0 Å². The van der Waals surface area contributed by atoms with Gasteiger partial charge in [-0.05, 0) is 24.6 Å². The molecule has 0 saturated carbocycles. The maximum atomic E-state index is 12.5.